The van der Waals surface area contributed by atoms with Gasteiger partial charge in [-0.2, -0.15) is 0 Å². The molecule has 0 saturated heterocycles. The summed E-state index contributed by atoms with van der Waals surface area (Å²) in [5.41, 5.74) is 5.33. The quantitative estimate of drug-likeness (QED) is 0.407. The molecule has 0 aliphatic carbocycles. The fourth-order valence-electron chi connectivity index (χ4n) is 0.533. The molecule has 0 radical (unpaired) electrons. The minimum Gasteiger partial charge on any atom is -0.495 e. The zero-order valence-electron chi connectivity index (χ0n) is 4.33. The molecule has 44 valence electrons. The molecule has 3 nitrogen and oxygen atoms in total. The first-order valence-corrected chi connectivity index (χ1v) is 2.38. The zero-order valence-corrected chi connectivity index (χ0v) is 4.33. The molecular formula is C5H8N2O. The first-order chi connectivity index (χ1) is 3.79. The van der Waals surface area contributed by atoms with Crippen LogP contribution in [-0.2, 0) is 0 Å². The number of hydrogen-bond donors (Lipinski definition) is 3. The van der Waals surface area contributed by atoms with E-state index in [0.717, 1.165) is 0 Å². The van der Waals surface area contributed by atoms with E-state index < -0.39 is 0 Å². The van der Waals surface area contributed by atoms with E-state index in [9.17, 15) is 0 Å². The number of rotatable bonds is 0. The van der Waals surface area contributed by atoms with E-state index in [1.807, 2.05) is 0 Å². The van der Waals surface area contributed by atoms with Crippen LogP contribution in [0.3, 0.4) is 0 Å². The Bertz CT molecular complexity index is 139. The fraction of sp³-hybridized carbons (Fsp3) is 0.200. The molecule has 1 rings (SSSR count). The highest BCUT2D eigenvalue weighted by molar-refractivity contribution is 5.13. The highest BCUT2D eigenvalue weighted by Gasteiger charge is 1.99. The van der Waals surface area contributed by atoms with Crippen LogP contribution in [0.4, 0.5) is 0 Å². The Labute approximate surface area is 47.5 Å². The van der Waals surface area contributed by atoms with Crippen LogP contribution in [0.2, 0.25) is 0 Å². The van der Waals surface area contributed by atoms with E-state index in [-0.39, 0.29) is 12.0 Å². The van der Waals surface area contributed by atoms with Crippen molar-refractivity contribution in [1.29, 1.82) is 0 Å². The number of nitrogens with one attached hydrogen (secondary N) is 1. The number of dihydropyridines is 1. The number of nitrogens with two attached hydrogens (primary N) is 1. The van der Waals surface area contributed by atoms with Crippen LogP contribution in [0, 0.1) is 0 Å². The second kappa shape index (κ2) is 1.88. The molecule has 0 aromatic heterocycles. The number of aliphatic hydroxyl groups is 1. The van der Waals surface area contributed by atoms with E-state index in [4.69, 9.17) is 10.8 Å². The van der Waals surface area contributed by atoms with Gasteiger partial charge in [0.25, 0.3) is 0 Å². The van der Waals surface area contributed by atoms with Gasteiger partial charge in [0, 0.05) is 0 Å². The Balaban J connectivity index is 2.59. The maximum absolute atomic E-state index is 8.70. The van der Waals surface area contributed by atoms with Gasteiger partial charge in [-0.15, -0.1) is 0 Å². The van der Waals surface area contributed by atoms with Gasteiger partial charge in [-0.1, -0.05) is 6.08 Å². The van der Waals surface area contributed by atoms with Crippen molar-refractivity contribution in [3.63, 3.8) is 0 Å². The Morgan fingerprint density at radius 3 is 2.88 bits per heavy atom. The monoisotopic (exact) mass is 112 g/mol. The van der Waals surface area contributed by atoms with E-state index in [0.29, 0.717) is 0 Å². The normalized spacial score (nSPS) is 26.6. The van der Waals surface area contributed by atoms with Crippen molar-refractivity contribution in [2.24, 2.45) is 5.73 Å². The molecule has 0 bridgehead atoms. The molecule has 0 fully saturated rings. The van der Waals surface area contributed by atoms with Gasteiger partial charge in [0.1, 0.15) is 0 Å². The smallest absolute Gasteiger partial charge is 0.185 e. The molecule has 1 unspecified atom stereocenters. The van der Waals surface area contributed by atoms with Crippen molar-refractivity contribution in [2.45, 2.75) is 6.17 Å². The number of allylic oxidation sites excluding steroid dienone is 2. The molecule has 1 atom stereocenters. The predicted octanol–water partition coefficient (Wildman–Crippen LogP) is -0.170. The van der Waals surface area contributed by atoms with E-state index in [1.165, 1.54) is 0 Å². The Hall–Kier alpha value is -0.960. The van der Waals surface area contributed by atoms with Crippen molar-refractivity contribution in [2.75, 3.05) is 0 Å². The maximum atomic E-state index is 8.70. The van der Waals surface area contributed by atoms with Crippen LogP contribution in [0.1, 0.15) is 0 Å². The molecule has 1 aliphatic rings. The van der Waals surface area contributed by atoms with Crippen LogP contribution in [-0.4, -0.2) is 11.3 Å². The van der Waals surface area contributed by atoms with Crippen LogP contribution >= 0.6 is 0 Å². The molecule has 1 aliphatic heterocycles. The van der Waals surface area contributed by atoms with Gasteiger partial charge in [-0.3, -0.25) is 0 Å². The molecule has 3 heteroatoms. The summed E-state index contributed by atoms with van der Waals surface area (Å²) in [6.07, 6.45) is 4.76. The Morgan fingerprint density at radius 2 is 2.50 bits per heavy atom. The van der Waals surface area contributed by atoms with Gasteiger partial charge in [0.15, 0.2) is 5.88 Å². The fourth-order valence-corrected chi connectivity index (χ4v) is 0.533. The first kappa shape index (κ1) is 5.18. The maximum Gasteiger partial charge on any atom is 0.185 e. The predicted molar refractivity (Wildman–Crippen MR) is 31.0 cm³/mol. The summed E-state index contributed by atoms with van der Waals surface area (Å²) in [5.74, 6) is 0.125. The first-order valence-electron chi connectivity index (χ1n) is 2.38. The average Bonchev–Trinajstić information content (AvgIpc) is 1.64. The second-order valence-corrected chi connectivity index (χ2v) is 1.61. The summed E-state index contributed by atoms with van der Waals surface area (Å²) in [5, 5.41) is 11.3. The number of aliphatic hydroxyl groups excluding tert-OH is 1. The van der Waals surface area contributed by atoms with Gasteiger partial charge >= 0.3 is 0 Å². The van der Waals surface area contributed by atoms with Crippen molar-refractivity contribution in [1.82, 2.24) is 5.32 Å². The standard InChI is InChI=1S/C5H8N2O/c6-4-2-1-3-5(8)7-4/h1-4,7-8H,6H2. The minimum atomic E-state index is -0.236. The van der Waals surface area contributed by atoms with E-state index in [2.05, 4.69) is 5.32 Å². The third-order valence-electron chi connectivity index (χ3n) is 0.887. The molecule has 8 heavy (non-hydrogen) atoms. The molecule has 0 spiro atoms. The molecule has 0 aromatic carbocycles. The molecular weight excluding hydrogens is 104 g/mol. The van der Waals surface area contributed by atoms with Crippen LogP contribution in [0.15, 0.2) is 24.1 Å². The van der Waals surface area contributed by atoms with Crippen molar-refractivity contribution >= 4 is 0 Å². The lowest BCUT2D eigenvalue weighted by Crippen LogP contribution is -2.36. The summed E-state index contributed by atoms with van der Waals surface area (Å²) < 4.78 is 0. The van der Waals surface area contributed by atoms with Crippen molar-refractivity contribution in [3.8, 4) is 0 Å². The zero-order chi connectivity index (χ0) is 5.98. The largest absolute Gasteiger partial charge is 0.495 e. The van der Waals surface area contributed by atoms with Gasteiger partial charge in [0.2, 0.25) is 0 Å². The lowest BCUT2D eigenvalue weighted by Gasteiger charge is -2.11. The van der Waals surface area contributed by atoms with Gasteiger partial charge in [-0.05, 0) is 12.2 Å². The van der Waals surface area contributed by atoms with E-state index >= 15 is 0 Å². The van der Waals surface area contributed by atoms with Crippen molar-refractivity contribution < 1.29 is 5.11 Å². The summed E-state index contributed by atoms with van der Waals surface area (Å²) in [6.45, 7) is 0. The lowest BCUT2D eigenvalue weighted by molar-refractivity contribution is 0.350. The third-order valence-corrected chi connectivity index (χ3v) is 0.887. The molecule has 0 aromatic rings. The van der Waals surface area contributed by atoms with Crippen LogP contribution in [0.25, 0.3) is 0 Å². The van der Waals surface area contributed by atoms with Crippen molar-refractivity contribution in [3.05, 3.63) is 24.1 Å². The molecule has 0 saturated carbocycles. The molecule has 1 heterocycles. The van der Waals surface area contributed by atoms with Crippen LogP contribution < -0.4 is 11.1 Å². The van der Waals surface area contributed by atoms with Crippen LogP contribution in [0.5, 0.6) is 0 Å². The summed E-state index contributed by atoms with van der Waals surface area (Å²) in [6, 6.07) is 0. The molecule has 0 amide bonds. The van der Waals surface area contributed by atoms with Gasteiger partial charge in [-0.25, -0.2) is 0 Å². The number of hydrogen-bond acceptors (Lipinski definition) is 3. The lowest BCUT2D eigenvalue weighted by atomic mass is 10.3. The highest BCUT2D eigenvalue weighted by atomic mass is 16.3. The topological polar surface area (TPSA) is 58.3 Å². The summed E-state index contributed by atoms with van der Waals surface area (Å²) >= 11 is 0. The van der Waals surface area contributed by atoms with E-state index in [1.54, 1.807) is 18.2 Å². The summed E-state index contributed by atoms with van der Waals surface area (Å²) in [4.78, 5) is 0. The highest BCUT2D eigenvalue weighted by Crippen LogP contribution is 1.92. The average molecular weight is 112 g/mol. The molecule has 4 N–H and O–H groups in total. The minimum absolute atomic E-state index is 0.125. The Morgan fingerprint density at radius 1 is 1.75 bits per heavy atom. The third kappa shape index (κ3) is 1.01. The SMILES string of the molecule is NC1C=CC=C(O)N1. The summed E-state index contributed by atoms with van der Waals surface area (Å²) in [7, 11) is 0. The van der Waals surface area contributed by atoms with Gasteiger partial charge < -0.3 is 16.2 Å². The second-order valence-electron chi connectivity index (χ2n) is 1.61. The van der Waals surface area contributed by atoms with Gasteiger partial charge in [0.05, 0.1) is 6.17 Å². The Kier molecular flexibility index (Phi) is 1.22.